The molecule has 1 aliphatic heterocycles. The van der Waals surface area contributed by atoms with E-state index in [4.69, 9.17) is 10.5 Å². The minimum absolute atomic E-state index is 0.147. The molecule has 0 radical (unpaired) electrons. The third-order valence-corrected chi connectivity index (χ3v) is 6.76. The molecule has 4 atom stereocenters. The number of rotatable bonds is 5. The van der Waals surface area contributed by atoms with Crippen LogP contribution in [-0.2, 0) is 9.53 Å². The summed E-state index contributed by atoms with van der Waals surface area (Å²) in [5.41, 5.74) is 4.08. The van der Waals surface area contributed by atoms with Gasteiger partial charge in [0.2, 0.25) is 0 Å². The molecule has 11 heteroatoms. The Hall–Kier alpha value is -2.40. The van der Waals surface area contributed by atoms with Crippen LogP contribution in [0.25, 0.3) is 11.2 Å². The van der Waals surface area contributed by atoms with E-state index in [2.05, 4.69) is 15.0 Å². The van der Waals surface area contributed by atoms with Crippen molar-refractivity contribution < 1.29 is 24.9 Å². The second-order valence-electron chi connectivity index (χ2n) is 6.25. The van der Waals surface area contributed by atoms with Crippen LogP contribution in [0.15, 0.2) is 43.0 Å². The molecule has 146 valence electrons. The number of aliphatic hydroxyl groups excluding tert-OH is 2. The first-order valence-electron chi connectivity index (χ1n) is 8.34. The molecule has 0 amide bonds. The zero-order valence-corrected chi connectivity index (χ0v) is 16.1. The van der Waals surface area contributed by atoms with E-state index < -0.39 is 50.3 Å². The molecular formula is C17H17N5O5Se. The molecule has 1 aromatic carbocycles. The molecular weight excluding hydrogens is 433 g/mol. The number of imidazole rings is 1. The number of fused-ring (bicyclic) bond motifs is 1. The van der Waals surface area contributed by atoms with E-state index >= 15 is 0 Å². The maximum atomic E-state index is 12.9. The van der Waals surface area contributed by atoms with Gasteiger partial charge in [0.1, 0.15) is 0 Å². The Morgan fingerprint density at radius 2 is 2.04 bits per heavy atom. The Morgan fingerprint density at radius 1 is 1.29 bits per heavy atom. The molecule has 1 saturated heterocycles. The predicted octanol–water partition coefficient (Wildman–Crippen LogP) is -2.05. The number of benzene rings is 1. The van der Waals surface area contributed by atoms with Crippen molar-refractivity contribution in [3.8, 4) is 0 Å². The number of anilines is 1. The number of ether oxygens (including phenoxy) is 1. The van der Waals surface area contributed by atoms with Crippen molar-refractivity contribution in [2.75, 3.05) is 12.3 Å². The van der Waals surface area contributed by atoms with Crippen LogP contribution < -0.4 is 10.2 Å². The van der Waals surface area contributed by atoms with E-state index in [9.17, 15) is 20.1 Å². The Labute approximate surface area is 165 Å². The molecule has 1 aliphatic rings. The summed E-state index contributed by atoms with van der Waals surface area (Å²) in [5.74, 6) is 0.147. The number of carbonyl (C=O) groups excluding carboxylic acids is 1. The Kier molecular flexibility index (Phi) is 4.88. The molecule has 3 aromatic rings. The van der Waals surface area contributed by atoms with Gasteiger partial charge in [-0.05, 0) is 0 Å². The number of nitrogens with zero attached hydrogens (tertiary/aromatic N) is 4. The van der Waals surface area contributed by atoms with Gasteiger partial charge in [-0.15, -0.1) is 0 Å². The van der Waals surface area contributed by atoms with Crippen LogP contribution in [0.4, 0.5) is 5.82 Å². The number of hydrogen-bond donors (Lipinski definition) is 4. The summed E-state index contributed by atoms with van der Waals surface area (Å²) in [6, 6.07) is 8.90. The number of aromatic nitrogens is 4. The van der Waals surface area contributed by atoms with Crippen molar-refractivity contribution in [1.82, 2.24) is 19.5 Å². The summed E-state index contributed by atoms with van der Waals surface area (Å²) in [4.78, 5) is 24.9. The second kappa shape index (κ2) is 7.21. The maximum absolute atomic E-state index is 12.9. The fraction of sp³-hybridized carbons (Fsp3) is 0.294. The van der Waals surface area contributed by atoms with E-state index in [0.29, 0.717) is 5.52 Å². The first-order chi connectivity index (χ1) is 13.5. The molecule has 4 rings (SSSR count). The van der Waals surface area contributed by atoms with Gasteiger partial charge in [0.25, 0.3) is 0 Å². The quantitative estimate of drug-likeness (QED) is 0.321. The Morgan fingerprint density at radius 3 is 2.75 bits per heavy atom. The fourth-order valence-corrected chi connectivity index (χ4v) is 5.08. The van der Waals surface area contributed by atoms with Crippen LogP contribution in [-0.4, -0.2) is 78.9 Å². The van der Waals surface area contributed by atoms with Crippen LogP contribution in [0.1, 0.15) is 6.23 Å². The first kappa shape index (κ1) is 18.9. The van der Waals surface area contributed by atoms with E-state index in [-0.39, 0.29) is 11.5 Å². The summed E-state index contributed by atoms with van der Waals surface area (Å²) < 4.78 is 7.15. The zero-order chi connectivity index (χ0) is 19.9. The number of hydrogen-bond acceptors (Lipinski definition) is 9. The van der Waals surface area contributed by atoms with Crippen LogP contribution in [0.3, 0.4) is 0 Å². The fourth-order valence-electron chi connectivity index (χ4n) is 3.14. The van der Waals surface area contributed by atoms with Crippen molar-refractivity contribution >= 4 is 41.1 Å². The van der Waals surface area contributed by atoms with Gasteiger partial charge in [-0.3, -0.25) is 0 Å². The first-order valence-corrected chi connectivity index (χ1v) is 10.0. The molecule has 0 unspecified atom stereocenters. The number of carbonyl (C=O) groups is 1. The van der Waals surface area contributed by atoms with Crippen LogP contribution in [0.5, 0.6) is 0 Å². The second-order valence-corrected chi connectivity index (χ2v) is 8.45. The summed E-state index contributed by atoms with van der Waals surface area (Å²) in [7, 11) is 0. The van der Waals surface area contributed by atoms with Gasteiger partial charge in [0.15, 0.2) is 0 Å². The Bertz CT molecular complexity index is 1020. The zero-order valence-electron chi connectivity index (χ0n) is 14.4. The average molecular weight is 450 g/mol. The number of aliphatic hydroxyl groups is 3. The molecule has 0 aliphatic carbocycles. The average Bonchev–Trinajstić information content (AvgIpc) is 3.24. The van der Waals surface area contributed by atoms with Gasteiger partial charge in [0, 0.05) is 0 Å². The van der Waals surface area contributed by atoms with Crippen molar-refractivity contribution in [2.24, 2.45) is 0 Å². The van der Waals surface area contributed by atoms with Gasteiger partial charge in [-0.1, -0.05) is 0 Å². The molecule has 1 fully saturated rings. The minimum atomic E-state index is -2.27. The number of nitrogen functional groups attached to an aromatic ring is 1. The molecule has 5 N–H and O–H groups in total. The third-order valence-electron chi connectivity index (χ3n) is 4.62. The van der Waals surface area contributed by atoms with Crippen molar-refractivity contribution in [3.63, 3.8) is 0 Å². The molecule has 0 bridgehead atoms. The molecule has 0 saturated carbocycles. The topological polar surface area (TPSA) is 157 Å². The predicted molar refractivity (Wildman–Crippen MR) is 98.5 cm³/mol. The summed E-state index contributed by atoms with van der Waals surface area (Å²) in [5, 5.41) is 31.6. The van der Waals surface area contributed by atoms with E-state index in [0.717, 1.165) is 4.46 Å². The van der Waals surface area contributed by atoms with Gasteiger partial charge in [0.05, 0.1) is 0 Å². The SMILES string of the molecule is Nc1ncnc2c1ncn2[C@@H]1O[C@H](CO)[C@@](O)(C(=O)[Se]c2ccccc2)[C@H]1O. The Balaban J connectivity index is 1.69. The van der Waals surface area contributed by atoms with E-state index in [1.54, 1.807) is 24.3 Å². The molecule has 0 spiro atoms. The standard InChI is InChI=1S/C17H17N5O5Se/c18-13-11-14(20-7-19-13)22(8-21-11)15-12(24)17(26,10(6-23)27-15)16(25)28-9-4-2-1-3-5-9/h1-5,7-8,10,12,15,23-24,26H,6H2,(H2,18,19,20)/t10-,12+,15-,17+/m1/s1. The molecule has 28 heavy (non-hydrogen) atoms. The molecule has 3 heterocycles. The number of nitrogens with two attached hydrogens (primary N) is 1. The van der Waals surface area contributed by atoms with Crippen molar-refractivity contribution in [3.05, 3.63) is 43.0 Å². The molecule has 2 aromatic heterocycles. The normalized spacial score (nSPS) is 27.3. The van der Waals surface area contributed by atoms with Crippen LogP contribution in [0.2, 0.25) is 0 Å². The van der Waals surface area contributed by atoms with Gasteiger partial charge in [-0.2, -0.15) is 0 Å². The third kappa shape index (κ3) is 2.89. The summed E-state index contributed by atoms with van der Waals surface area (Å²) >= 11 is -0.785. The van der Waals surface area contributed by atoms with Gasteiger partial charge < -0.3 is 0 Å². The van der Waals surface area contributed by atoms with Gasteiger partial charge in [-0.25, -0.2) is 0 Å². The van der Waals surface area contributed by atoms with E-state index in [1.807, 2.05) is 6.07 Å². The van der Waals surface area contributed by atoms with Crippen molar-refractivity contribution in [2.45, 2.75) is 24.0 Å². The van der Waals surface area contributed by atoms with E-state index in [1.165, 1.54) is 17.2 Å². The summed E-state index contributed by atoms with van der Waals surface area (Å²) in [6.45, 7) is -0.648. The monoisotopic (exact) mass is 451 g/mol. The van der Waals surface area contributed by atoms with Crippen LogP contribution >= 0.6 is 0 Å². The summed E-state index contributed by atoms with van der Waals surface area (Å²) in [6.07, 6.45) is -1.57. The van der Waals surface area contributed by atoms with Crippen LogP contribution in [0, 0.1) is 0 Å². The molecule has 10 nitrogen and oxygen atoms in total. The van der Waals surface area contributed by atoms with Gasteiger partial charge >= 0.3 is 165 Å². The van der Waals surface area contributed by atoms with Crippen molar-refractivity contribution in [1.29, 1.82) is 0 Å².